The average molecular weight is 386 g/mol. The molecular weight excluding hydrogens is 366 g/mol. The van der Waals surface area contributed by atoms with Crippen molar-refractivity contribution >= 4 is 46.2 Å². The van der Waals surface area contributed by atoms with Gasteiger partial charge in [0.2, 0.25) is 0 Å². The van der Waals surface area contributed by atoms with Gasteiger partial charge < -0.3 is 4.98 Å². The van der Waals surface area contributed by atoms with Crippen LogP contribution < -0.4 is 5.43 Å². The Morgan fingerprint density at radius 2 is 1.92 bits per heavy atom. The van der Waals surface area contributed by atoms with Gasteiger partial charge in [-0.2, -0.15) is 5.01 Å². The normalized spacial score (nSPS) is 16.4. The van der Waals surface area contributed by atoms with Crippen molar-refractivity contribution in [1.82, 2.24) is 15.4 Å². The van der Waals surface area contributed by atoms with Gasteiger partial charge in [-0.05, 0) is 53.5 Å². The zero-order chi connectivity index (χ0) is 18.9. The minimum atomic E-state index is -0.372. The van der Waals surface area contributed by atoms with E-state index in [1.807, 2.05) is 24.3 Å². The van der Waals surface area contributed by atoms with E-state index < -0.39 is 0 Å². The second-order valence-electron chi connectivity index (χ2n) is 6.91. The van der Waals surface area contributed by atoms with Crippen LogP contribution in [0.4, 0.5) is 0 Å². The number of hydrogen-bond donors (Lipinski definition) is 2. The molecule has 1 aliphatic rings. The summed E-state index contributed by atoms with van der Waals surface area (Å²) in [7, 11) is 0. The minimum Gasteiger partial charge on any atom is -0.362 e. The minimum absolute atomic E-state index is 0.00957. The number of aromatic nitrogens is 1. The number of aromatic amines is 1. The Morgan fingerprint density at radius 3 is 2.50 bits per heavy atom. The Hall–Kier alpha value is -2.38. The molecule has 3 rings (SSSR count). The lowest BCUT2D eigenvalue weighted by Crippen LogP contribution is -2.44. The van der Waals surface area contributed by atoms with Gasteiger partial charge in [0.1, 0.15) is 0 Å². The number of hydrazine groups is 1. The third-order valence-electron chi connectivity index (χ3n) is 3.93. The van der Waals surface area contributed by atoms with Crippen LogP contribution in [0.15, 0.2) is 47.5 Å². The van der Waals surface area contributed by atoms with Crippen LogP contribution in [0.5, 0.6) is 0 Å². The van der Waals surface area contributed by atoms with Crippen LogP contribution in [0, 0.1) is 0 Å². The number of rotatable bonds is 3. The predicted molar refractivity (Wildman–Crippen MR) is 108 cm³/mol. The third-order valence-corrected chi connectivity index (χ3v) is 5.23. The molecule has 7 heteroatoms. The van der Waals surface area contributed by atoms with Crippen LogP contribution in [-0.4, -0.2) is 26.1 Å². The first-order valence-electron chi connectivity index (χ1n) is 8.08. The van der Waals surface area contributed by atoms with E-state index in [0.29, 0.717) is 14.8 Å². The van der Waals surface area contributed by atoms with Crippen molar-refractivity contribution in [2.75, 3.05) is 0 Å². The van der Waals surface area contributed by atoms with Crippen molar-refractivity contribution in [3.63, 3.8) is 0 Å². The van der Waals surface area contributed by atoms with Crippen molar-refractivity contribution in [2.45, 2.75) is 26.2 Å². The summed E-state index contributed by atoms with van der Waals surface area (Å²) in [6.45, 7) is 6.33. The van der Waals surface area contributed by atoms with Crippen molar-refractivity contribution in [3.8, 4) is 0 Å². The molecule has 5 nitrogen and oxygen atoms in total. The fourth-order valence-electron chi connectivity index (χ4n) is 2.43. The van der Waals surface area contributed by atoms with Gasteiger partial charge >= 0.3 is 0 Å². The van der Waals surface area contributed by atoms with Gasteiger partial charge in [0.05, 0.1) is 4.91 Å². The topological polar surface area (TPSA) is 65.2 Å². The molecule has 1 aromatic carbocycles. The Labute approximate surface area is 161 Å². The molecule has 1 aliphatic heterocycles. The molecule has 1 saturated heterocycles. The van der Waals surface area contributed by atoms with Crippen molar-refractivity contribution in [3.05, 3.63) is 64.3 Å². The van der Waals surface area contributed by atoms with E-state index in [0.717, 1.165) is 28.0 Å². The molecule has 2 amide bonds. The molecule has 0 aliphatic carbocycles. The molecule has 1 aromatic heterocycles. The fourth-order valence-corrected chi connectivity index (χ4v) is 3.60. The highest BCUT2D eigenvalue weighted by atomic mass is 32.2. The Morgan fingerprint density at radius 1 is 1.23 bits per heavy atom. The number of carbonyl (C=O) groups is 2. The number of amides is 2. The number of hydrogen-bond acceptors (Lipinski definition) is 4. The molecule has 0 spiro atoms. The molecule has 2 heterocycles. The molecule has 0 bridgehead atoms. The van der Waals surface area contributed by atoms with Gasteiger partial charge in [-0.1, -0.05) is 44.7 Å². The van der Waals surface area contributed by atoms with E-state index in [4.69, 9.17) is 12.2 Å². The first-order chi connectivity index (χ1) is 12.3. The van der Waals surface area contributed by atoms with Crippen molar-refractivity contribution in [2.24, 2.45) is 0 Å². The lowest BCUT2D eigenvalue weighted by atomic mass is 9.87. The highest BCUT2D eigenvalue weighted by molar-refractivity contribution is 8.26. The van der Waals surface area contributed by atoms with Crippen LogP contribution in [-0.2, 0) is 10.2 Å². The molecule has 1 fully saturated rings. The number of thioether (sulfide) groups is 1. The van der Waals surface area contributed by atoms with E-state index >= 15 is 0 Å². The van der Waals surface area contributed by atoms with Crippen molar-refractivity contribution < 1.29 is 9.59 Å². The molecule has 26 heavy (non-hydrogen) atoms. The van der Waals surface area contributed by atoms with E-state index in [1.54, 1.807) is 24.4 Å². The smallest absolute Gasteiger partial charge is 0.285 e. The predicted octanol–water partition coefficient (Wildman–Crippen LogP) is 3.86. The molecule has 0 unspecified atom stereocenters. The summed E-state index contributed by atoms with van der Waals surface area (Å²) in [6, 6.07) is 11.0. The van der Waals surface area contributed by atoms with Crippen molar-refractivity contribution in [1.29, 1.82) is 0 Å². The Balaban J connectivity index is 1.73. The highest BCUT2D eigenvalue weighted by Gasteiger charge is 2.33. The van der Waals surface area contributed by atoms with E-state index in [1.165, 1.54) is 0 Å². The molecule has 0 atom stereocenters. The van der Waals surface area contributed by atoms with E-state index in [9.17, 15) is 9.59 Å². The van der Waals surface area contributed by atoms with Crippen LogP contribution in [0.25, 0.3) is 6.08 Å². The average Bonchev–Trinajstić information content (AvgIpc) is 3.18. The number of thiocarbonyl (C=S) groups is 1. The second-order valence-corrected chi connectivity index (χ2v) is 8.59. The molecular formula is C19H19N3O2S2. The number of carbonyl (C=O) groups excluding carboxylic acids is 2. The first-order valence-corrected chi connectivity index (χ1v) is 9.31. The summed E-state index contributed by atoms with van der Waals surface area (Å²) < 4.78 is 0.299. The van der Waals surface area contributed by atoms with Gasteiger partial charge in [-0.15, -0.1) is 0 Å². The highest BCUT2D eigenvalue weighted by Crippen LogP contribution is 2.31. The van der Waals surface area contributed by atoms with Gasteiger partial charge in [-0.3, -0.25) is 15.0 Å². The summed E-state index contributed by atoms with van der Waals surface area (Å²) in [5, 5.41) is 1.12. The Bertz CT molecular complexity index is 879. The molecule has 2 aromatic rings. The number of H-pyrrole nitrogens is 1. The second kappa shape index (κ2) is 7.09. The van der Waals surface area contributed by atoms with Gasteiger partial charge in [0, 0.05) is 17.5 Å². The molecule has 134 valence electrons. The lowest BCUT2D eigenvalue weighted by molar-refractivity contribution is -0.123. The van der Waals surface area contributed by atoms with Crippen LogP contribution in [0.1, 0.15) is 42.4 Å². The maximum Gasteiger partial charge on any atom is 0.285 e. The maximum atomic E-state index is 12.5. The first kappa shape index (κ1) is 18.4. The van der Waals surface area contributed by atoms with E-state index in [2.05, 4.69) is 31.2 Å². The van der Waals surface area contributed by atoms with Crippen LogP contribution >= 0.6 is 24.0 Å². The summed E-state index contributed by atoms with van der Waals surface area (Å²) in [5.41, 5.74) is 5.01. The van der Waals surface area contributed by atoms with Crippen LogP contribution in [0.3, 0.4) is 0 Å². The molecule has 0 saturated carbocycles. The van der Waals surface area contributed by atoms with Gasteiger partial charge in [-0.25, -0.2) is 0 Å². The summed E-state index contributed by atoms with van der Waals surface area (Å²) in [5.74, 6) is -0.711. The summed E-state index contributed by atoms with van der Waals surface area (Å²) >= 11 is 6.39. The number of nitrogens with zero attached hydrogens (tertiary/aromatic N) is 1. The summed E-state index contributed by atoms with van der Waals surface area (Å²) in [4.78, 5) is 28.5. The number of nitrogens with one attached hydrogen (secondary N) is 2. The lowest BCUT2D eigenvalue weighted by Gasteiger charge is -2.19. The fraction of sp³-hybridized carbons (Fsp3) is 0.211. The molecule has 0 radical (unpaired) electrons. The largest absolute Gasteiger partial charge is 0.362 e. The molecule has 2 N–H and O–H groups in total. The van der Waals surface area contributed by atoms with Crippen LogP contribution in [0.2, 0.25) is 0 Å². The number of benzene rings is 1. The zero-order valence-corrected chi connectivity index (χ0v) is 16.3. The third kappa shape index (κ3) is 3.89. The Kier molecular flexibility index (Phi) is 5.02. The van der Waals surface area contributed by atoms with Gasteiger partial charge in [0.25, 0.3) is 11.8 Å². The SMILES string of the molecule is CC(C)(C)c1ccc(C(=O)NN2C(=O)C(=Cc3ccc[nH]3)SC2=S)cc1. The monoisotopic (exact) mass is 385 g/mol. The quantitative estimate of drug-likeness (QED) is 0.622. The summed E-state index contributed by atoms with van der Waals surface area (Å²) in [6.07, 6.45) is 3.49. The van der Waals surface area contributed by atoms with Gasteiger partial charge in [0.15, 0.2) is 4.32 Å². The standard InChI is InChI=1S/C19H19N3O2S2/c1-19(2,3)13-8-6-12(7-9-13)16(23)21-22-17(24)15(26-18(22)25)11-14-5-4-10-20-14/h4-11,20H,1-3H3,(H,21,23). The maximum absolute atomic E-state index is 12.5. The van der Waals surface area contributed by atoms with E-state index in [-0.39, 0.29) is 17.2 Å². The zero-order valence-electron chi connectivity index (χ0n) is 14.7.